The lowest BCUT2D eigenvalue weighted by Gasteiger charge is -2.40. The van der Waals surface area contributed by atoms with E-state index in [0.717, 1.165) is 12.8 Å². The SMILES string of the molecule is CCCC1OCC(CC)(/C(C(=O)O)=C(\C)C(=O)O)CO1. The summed E-state index contributed by atoms with van der Waals surface area (Å²) in [6.45, 7) is 5.46. The third-order valence-corrected chi connectivity index (χ3v) is 3.73. The van der Waals surface area contributed by atoms with E-state index >= 15 is 0 Å². The van der Waals surface area contributed by atoms with Gasteiger partial charge in [0, 0.05) is 11.0 Å². The first-order valence-corrected chi connectivity index (χ1v) is 6.79. The number of carboxylic acid groups (broad SMARTS) is 2. The summed E-state index contributed by atoms with van der Waals surface area (Å²) < 4.78 is 11.1. The van der Waals surface area contributed by atoms with Crippen LogP contribution in [0.25, 0.3) is 0 Å². The Morgan fingerprint density at radius 3 is 2.05 bits per heavy atom. The van der Waals surface area contributed by atoms with Gasteiger partial charge in [-0.3, -0.25) is 0 Å². The van der Waals surface area contributed by atoms with Gasteiger partial charge in [0.1, 0.15) is 0 Å². The maximum Gasteiger partial charge on any atom is 0.332 e. The Balaban J connectivity index is 3.07. The molecule has 20 heavy (non-hydrogen) atoms. The summed E-state index contributed by atoms with van der Waals surface area (Å²) in [5, 5.41) is 18.5. The van der Waals surface area contributed by atoms with E-state index in [9.17, 15) is 14.7 Å². The zero-order chi connectivity index (χ0) is 15.3. The van der Waals surface area contributed by atoms with Crippen LogP contribution in [0.2, 0.25) is 0 Å². The second-order valence-electron chi connectivity index (χ2n) is 5.08. The molecule has 1 aliphatic heterocycles. The van der Waals surface area contributed by atoms with Gasteiger partial charge in [0.2, 0.25) is 0 Å². The van der Waals surface area contributed by atoms with Crippen LogP contribution in [0.5, 0.6) is 0 Å². The van der Waals surface area contributed by atoms with Crippen molar-refractivity contribution in [3.8, 4) is 0 Å². The standard InChI is InChI=1S/C14H22O6/c1-4-6-10-19-7-14(5-2,8-20-10)11(13(17)18)9(3)12(15)16/h10H,4-8H2,1-3H3,(H,15,16)(H,17,18)/b11-9+. The molecule has 1 aliphatic rings. The molecule has 0 aromatic heterocycles. The van der Waals surface area contributed by atoms with Gasteiger partial charge in [-0.2, -0.15) is 0 Å². The number of rotatable bonds is 6. The van der Waals surface area contributed by atoms with Crippen molar-refractivity contribution in [3.05, 3.63) is 11.1 Å². The van der Waals surface area contributed by atoms with Gasteiger partial charge in [-0.1, -0.05) is 20.3 Å². The van der Waals surface area contributed by atoms with E-state index in [-0.39, 0.29) is 30.6 Å². The minimum atomic E-state index is -1.23. The van der Waals surface area contributed by atoms with Crippen LogP contribution in [-0.2, 0) is 19.1 Å². The van der Waals surface area contributed by atoms with E-state index in [2.05, 4.69) is 0 Å². The van der Waals surface area contributed by atoms with Gasteiger partial charge in [-0.25, -0.2) is 9.59 Å². The third-order valence-electron chi connectivity index (χ3n) is 3.73. The summed E-state index contributed by atoms with van der Waals surface area (Å²) >= 11 is 0. The number of hydrogen-bond acceptors (Lipinski definition) is 4. The molecule has 0 aromatic carbocycles. The van der Waals surface area contributed by atoms with Crippen LogP contribution in [0.15, 0.2) is 11.1 Å². The molecule has 6 nitrogen and oxygen atoms in total. The molecule has 0 atom stereocenters. The Kier molecular flexibility index (Phi) is 5.71. The number of ether oxygens (including phenoxy) is 2. The number of carboxylic acids is 2. The molecule has 1 saturated heterocycles. The summed E-state index contributed by atoms with van der Waals surface area (Å²) in [6.07, 6.45) is 1.75. The van der Waals surface area contributed by atoms with Gasteiger partial charge in [0.15, 0.2) is 6.29 Å². The minimum Gasteiger partial charge on any atom is -0.478 e. The fraction of sp³-hybridized carbons (Fsp3) is 0.714. The highest BCUT2D eigenvalue weighted by atomic mass is 16.7. The zero-order valence-electron chi connectivity index (χ0n) is 12.1. The fourth-order valence-electron chi connectivity index (χ4n) is 2.41. The lowest BCUT2D eigenvalue weighted by Crippen LogP contribution is -2.45. The lowest BCUT2D eigenvalue weighted by atomic mass is 9.76. The van der Waals surface area contributed by atoms with Crippen LogP contribution >= 0.6 is 0 Å². The second-order valence-corrected chi connectivity index (χ2v) is 5.08. The number of hydrogen-bond donors (Lipinski definition) is 2. The Labute approximate surface area is 118 Å². The number of aliphatic carboxylic acids is 2. The van der Waals surface area contributed by atoms with Crippen LogP contribution in [0.3, 0.4) is 0 Å². The minimum absolute atomic E-state index is 0.123. The quantitative estimate of drug-likeness (QED) is 0.726. The van der Waals surface area contributed by atoms with Crippen molar-refractivity contribution in [2.45, 2.75) is 46.3 Å². The van der Waals surface area contributed by atoms with Crippen molar-refractivity contribution in [2.24, 2.45) is 5.41 Å². The molecule has 1 fully saturated rings. The molecule has 114 valence electrons. The molecule has 2 N–H and O–H groups in total. The molecule has 0 aromatic rings. The van der Waals surface area contributed by atoms with Crippen LogP contribution in [-0.4, -0.2) is 41.7 Å². The van der Waals surface area contributed by atoms with E-state index in [1.165, 1.54) is 6.92 Å². The van der Waals surface area contributed by atoms with Crippen LogP contribution in [0.1, 0.15) is 40.0 Å². The maximum atomic E-state index is 11.5. The molecule has 1 heterocycles. The van der Waals surface area contributed by atoms with Crippen molar-refractivity contribution in [3.63, 3.8) is 0 Å². The van der Waals surface area contributed by atoms with Crippen LogP contribution in [0.4, 0.5) is 0 Å². The van der Waals surface area contributed by atoms with E-state index < -0.39 is 17.4 Å². The van der Waals surface area contributed by atoms with E-state index in [1.807, 2.05) is 13.8 Å². The average Bonchev–Trinajstić information content (AvgIpc) is 2.40. The monoisotopic (exact) mass is 286 g/mol. The van der Waals surface area contributed by atoms with Gasteiger partial charge >= 0.3 is 11.9 Å². The second kappa shape index (κ2) is 6.85. The predicted octanol–water partition coefficient (Wildman–Crippen LogP) is 2.04. The van der Waals surface area contributed by atoms with Crippen molar-refractivity contribution >= 4 is 11.9 Å². The van der Waals surface area contributed by atoms with Gasteiger partial charge < -0.3 is 19.7 Å². The molecule has 6 heteroatoms. The van der Waals surface area contributed by atoms with E-state index in [0.29, 0.717) is 6.42 Å². The topological polar surface area (TPSA) is 93.1 Å². The first-order chi connectivity index (χ1) is 9.38. The highest BCUT2D eigenvalue weighted by Gasteiger charge is 2.43. The Morgan fingerprint density at radius 1 is 1.15 bits per heavy atom. The smallest absolute Gasteiger partial charge is 0.332 e. The molecule has 0 saturated carbocycles. The van der Waals surface area contributed by atoms with Gasteiger partial charge in [-0.05, 0) is 19.8 Å². The molecule has 0 unspecified atom stereocenters. The maximum absolute atomic E-state index is 11.5. The van der Waals surface area contributed by atoms with E-state index in [1.54, 1.807) is 0 Å². The average molecular weight is 286 g/mol. The van der Waals surface area contributed by atoms with Crippen molar-refractivity contribution in [1.82, 2.24) is 0 Å². The predicted molar refractivity (Wildman–Crippen MR) is 71.3 cm³/mol. The Hall–Kier alpha value is -1.40. The fourth-order valence-corrected chi connectivity index (χ4v) is 2.41. The molecule has 0 aliphatic carbocycles. The molecule has 0 bridgehead atoms. The van der Waals surface area contributed by atoms with Crippen molar-refractivity contribution in [1.29, 1.82) is 0 Å². The normalized spacial score (nSPS) is 27.9. The van der Waals surface area contributed by atoms with Gasteiger partial charge in [0.05, 0.1) is 18.8 Å². The Bertz CT molecular complexity index is 404. The van der Waals surface area contributed by atoms with Crippen molar-refractivity contribution < 1.29 is 29.3 Å². The summed E-state index contributed by atoms with van der Waals surface area (Å²) in [5.74, 6) is -2.46. The Morgan fingerprint density at radius 2 is 1.70 bits per heavy atom. The summed E-state index contributed by atoms with van der Waals surface area (Å²) in [7, 11) is 0. The zero-order valence-corrected chi connectivity index (χ0v) is 12.1. The third kappa shape index (κ3) is 3.37. The van der Waals surface area contributed by atoms with Crippen LogP contribution < -0.4 is 0 Å². The highest BCUT2D eigenvalue weighted by Crippen LogP contribution is 2.38. The highest BCUT2D eigenvalue weighted by molar-refractivity contribution is 5.99. The first-order valence-electron chi connectivity index (χ1n) is 6.79. The molecule has 0 amide bonds. The summed E-state index contributed by atoms with van der Waals surface area (Å²) in [5.41, 5.74) is -1.19. The van der Waals surface area contributed by atoms with Gasteiger partial charge in [0.25, 0.3) is 0 Å². The molecule has 0 radical (unpaired) electrons. The first kappa shape index (κ1) is 16.7. The van der Waals surface area contributed by atoms with Crippen molar-refractivity contribution in [2.75, 3.05) is 13.2 Å². The number of carbonyl (C=O) groups is 2. The molecular weight excluding hydrogens is 264 g/mol. The largest absolute Gasteiger partial charge is 0.478 e. The van der Waals surface area contributed by atoms with Gasteiger partial charge in [-0.15, -0.1) is 0 Å². The summed E-state index contributed by atoms with van der Waals surface area (Å²) in [6, 6.07) is 0. The summed E-state index contributed by atoms with van der Waals surface area (Å²) in [4.78, 5) is 22.6. The molecular formula is C14H22O6. The molecule has 0 spiro atoms. The molecule has 1 rings (SSSR count). The lowest BCUT2D eigenvalue weighted by molar-refractivity contribution is -0.224. The van der Waals surface area contributed by atoms with E-state index in [4.69, 9.17) is 14.6 Å². The van der Waals surface area contributed by atoms with Crippen LogP contribution in [0, 0.1) is 5.41 Å².